The third kappa shape index (κ3) is 1.69. The van der Waals surface area contributed by atoms with Crippen LogP contribution < -0.4 is 5.32 Å². The number of nitrogens with one attached hydrogen (secondary N) is 1. The Labute approximate surface area is 60.5 Å². The van der Waals surface area contributed by atoms with E-state index in [1.165, 1.54) is 0 Å². The molecule has 1 rings (SSSR count). The smallest absolute Gasteiger partial charge is 0.129 e. The summed E-state index contributed by atoms with van der Waals surface area (Å²) in [5.74, 6) is 1.70. The molecular weight excluding hydrogens is 126 g/mol. The lowest BCUT2D eigenvalue weighted by molar-refractivity contribution is 1.03. The van der Waals surface area contributed by atoms with Crippen LogP contribution >= 0.6 is 0 Å². The van der Waals surface area contributed by atoms with Crippen molar-refractivity contribution in [3.8, 4) is 0 Å². The van der Waals surface area contributed by atoms with Crippen LogP contribution in [0.15, 0.2) is 12.3 Å². The first-order valence-electron chi connectivity index (χ1n) is 3.36. The van der Waals surface area contributed by atoms with Crippen LogP contribution in [0, 0.1) is 6.92 Å². The number of aryl methyl sites for hydroxylation is 1. The highest BCUT2D eigenvalue weighted by atomic mass is 15.0. The first-order chi connectivity index (χ1) is 4.83. The molecule has 0 saturated heterocycles. The monoisotopic (exact) mass is 137 g/mol. The third-order valence-corrected chi connectivity index (χ3v) is 1.13. The van der Waals surface area contributed by atoms with E-state index in [4.69, 9.17) is 0 Å². The summed E-state index contributed by atoms with van der Waals surface area (Å²) in [5, 5.41) is 3.10. The highest BCUT2D eigenvalue weighted by Gasteiger charge is 1.89. The van der Waals surface area contributed by atoms with Gasteiger partial charge in [0.1, 0.15) is 11.6 Å². The Balaban J connectivity index is 2.75. The Hall–Kier alpha value is -1.12. The second-order valence-corrected chi connectivity index (χ2v) is 2.02. The van der Waals surface area contributed by atoms with E-state index >= 15 is 0 Å². The van der Waals surface area contributed by atoms with Crippen molar-refractivity contribution in [1.82, 2.24) is 9.97 Å². The van der Waals surface area contributed by atoms with Gasteiger partial charge in [-0.3, -0.25) is 0 Å². The Kier molecular flexibility index (Phi) is 2.20. The number of hydrogen-bond donors (Lipinski definition) is 1. The summed E-state index contributed by atoms with van der Waals surface area (Å²) in [4.78, 5) is 8.11. The fourth-order valence-corrected chi connectivity index (χ4v) is 0.736. The lowest BCUT2D eigenvalue weighted by Gasteiger charge is -2.00. The van der Waals surface area contributed by atoms with E-state index in [2.05, 4.69) is 15.3 Å². The largest absolute Gasteiger partial charge is 0.370 e. The number of nitrogens with zero attached hydrogens (tertiary/aromatic N) is 2. The molecule has 0 bridgehead atoms. The van der Waals surface area contributed by atoms with Gasteiger partial charge in [0.05, 0.1) is 0 Å². The quantitative estimate of drug-likeness (QED) is 0.666. The van der Waals surface area contributed by atoms with E-state index in [0.717, 1.165) is 18.2 Å². The van der Waals surface area contributed by atoms with Crippen molar-refractivity contribution in [2.24, 2.45) is 0 Å². The fraction of sp³-hybridized carbons (Fsp3) is 0.429. The first kappa shape index (κ1) is 6.99. The van der Waals surface area contributed by atoms with Crippen LogP contribution in [0.5, 0.6) is 0 Å². The Morgan fingerprint density at radius 2 is 2.40 bits per heavy atom. The summed E-state index contributed by atoms with van der Waals surface area (Å²) < 4.78 is 0. The van der Waals surface area contributed by atoms with Gasteiger partial charge in [-0.25, -0.2) is 9.97 Å². The molecule has 0 unspecified atom stereocenters. The lowest BCUT2D eigenvalue weighted by Crippen LogP contribution is -2.00. The normalized spacial score (nSPS) is 9.40. The van der Waals surface area contributed by atoms with Crippen LogP contribution in [0.4, 0.5) is 5.82 Å². The minimum atomic E-state index is 0.804. The molecule has 1 N–H and O–H groups in total. The van der Waals surface area contributed by atoms with Crippen molar-refractivity contribution in [2.75, 3.05) is 11.9 Å². The molecule has 0 atom stereocenters. The molecule has 0 aliphatic heterocycles. The van der Waals surface area contributed by atoms with Crippen molar-refractivity contribution in [1.29, 1.82) is 0 Å². The summed E-state index contributed by atoms with van der Waals surface area (Å²) in [6, 6.07) is 1.86. The SMILES string of the molecule is CCNc1ccnc(C)n1. The number of hydrogen-bond acceptors (Lipinski definition) is 3. The van der Waals surface area contributed by atoms with Crippen molar-refractivity contribution in [2.45, 2.75) is 13.8 Å². The number of aromatic nitrogens is 2. The maximum atomic E-state index is 4.14. The van der Waals surface area contributed by atoms with Gasteiger partial charge in [-0.1, -0.05) is 0 Å². The molecule has 54 valence electrons. The average molecular weight is 137 g/mol. The summed E-state index contributed by atoms with van der Waals surface area (Å²) in [6.45, 7) is 4.81. The van der Waals surface area contributed by atoms with Gasteiger partial charge in [0, 0.05) is 12.7 Å². The van der Waals surface area contributed by atoms with Crippen LogP contribution in [-0.4, -0.2) is 16.5 Å². The molecule has 0 fully saturated rings. The number of anilines is 1. The highest BCUT2D eigenvalue weighted by Crippen LogP contribution is 1.98. The van der Waals surface area contributed by atoms with Gasteiger partial charge in [0.15, 0.2) is 0 Å². The maximum Gasteiger partial charge on any atom is 0.129 e. The second-order valence-electron chi connectivity index (χ2n) is 2.02. The van der Waals surface area contributed by atoms with E-state index in [1.807, 2.05) is 19.9 Å². The van der Waals surface area contributed by atoms with E-state index in [1.54, 1.807) is 6.20 Å². The van der Waals surface area contributed by atoms with Crippen molar-refractivity contribution in [3.05, 3.63) is 18.1 Å². The van der Waals surface area contributed by atoms with Gasteiger partial charge in [-0.2, -0.15) is 0 Å². The molecule has 0 aliphatic rings. The summed E-state index contributed by atoms with van der Waals surface area (Å²) in [5.41, 5.74) is 0. The lowest BCUT2D eigenvalue weighted by atomic mass is 10.5. The van der Waals surface area contributed by atoms with E-state index in [0.29, 0.717) is 0 Å². The standard InChI is InChI=1S/C7H11N3/c1-3-8-7-4-5-9-6(2)10-7/h4-5H,3H2,1-2H3,(H,8,9,10). The molecule has 0 saturated carbocycles. The van der Waals surface area contributed by atoms with E-state index < -0.39 is 0 Å². The molecule has 3 nitrogen and oxygen atoms in total. The maximum absolute atomic E-state index is 4.14. The topological polar surface area (TPSA) is 37.8 Å². The van der Waals surface area contributed by atoms with Gasteiger partial charge >= 0.3 is 0 Å². The molecular formula is C7H11N3. The van der Waals surface area contributed by atoms with Gasteiger partial charge < -0.3 is 5.32 Å². The zero-order valence-corrected chi connectivity index (χ0v) is 6.26. The van der Waals surface area contributed by atoms with Crippen molar-refractivity contribution >= 4 is 5.82 Å². The van der Waals surface area contributed by atoms with Crippen molar-refractivity contribution in [3.63, 3.8) is 0 Å². The Morgan fingerprint density at radius 3 is 3.00 bits per heavy atom. The summed E-state index contributed by atoms with van der Waals surface area (Å²) >= 11 is 0. The molecule has 3 heteroatoms. The third-order valence-electron chi connectivity index (χ3n) is 1.13. The highest BCUT2D eigenvalue weighted by molar-refractivity contribution is 5.32. The molecule has 0 amide bonds. The van der Waals surface area contributed by atoms with Crippen LogP contribution in [0.3, 0.4) is 0 Å². The Morgan fingerprint density at radius 1 is 1.60 bits per heavy atom. The van der Waals surface area contributed by atoms with Crippen LogP contribution in [0.2, 0.25) is 0 Å². The molecule has 0 aliphatic carbocycles. The van der Waals surface area contributed by atoms with Crippen molar-refractivity contribution < 1.29 is 0 Å². The van der Waals surface area contributed by atoms with Gasteiger partial charge in [0.25, 0.3) is 0 Å². The molecule has 1 heterocycles. The zero-order valence-electron chi connectivity index (χ0n) is 6.26. The van der Waals surface area contributed by atoms with Gasteiger partial charge in [-0.15, -0.1) is 0 Å². The number of rotatable bonds is 2. The molecule has 1 aromatic heterocycles. The molecule has 0 aromatic carbocycles. The van der Waals surface area contributed by atoms with Crippen LogP contribution in [0.1, 0.15) is 12.7 Å². The molecule has 0 spiro atoms. The Bertz CT molecular complexity index is 210. The van der Waals surface area contributed by atoms with Gasteiger partial charge in [0.2, 0.25) is 0 Å². The summed E-state index contributed by atoms with van der Waals surface area (Å²) in [7, 11) is 0. The minimum Gasteiger partial charge on any atom is -0.370 e. The zero-order chi connectivity index (χ0) is 7.40. The summed E-state index contributed by atoms with van der Waals surface area (Å²) in [6.07, 6.45) is 1.75. The van der Waals surface area contributed by atoms with Crippen LogP contribution in [-0.2, 0) is 0 Å². The van der Waals surface area contributed by atoms with Gasteiger partial charge in [-0.05, 0) is 19.9 Å². The average Bonchev–Trinajstić information content (AvgIpc) is 1.88. The second kappa shape index (κ2) is 3.15. The molecule has 0 radical (unpaired) electrons. The minimum absolute atomic E-state index is 0.804. The molecule has 1 aromatic rings. The van der Waals surface area contributed by atoms with E-state index in [-0.39, 0.29) is 0 Å². The van der Waals surface area contributed by atoms with Crippen LogP contribution in [0.25, 0.3) is 0 Å². The first-order valence-corrected chi connectivity index (χ1v) is 3.36. The fourth-order valence-electron chi connectivity index (χ4n) is 0.736. The van der Waals surface area contributed by atoms with E-state index in [9.17, 15) is 0 Å². The molecule has 10 heavy (non-hydrogen) atoms. The predicted octanol–water partition coefficient (Wildman–Crippen LogP) is 1.22. The predicted molar refractivity (Wildman–Crippen MR) is 40.9 cm³/mol.